The van der Waals surface area contributed by atoms with Crippen molar-refractivity contribution in [1.29, 1.82) is 0 Å². The fourth-order valence-electron chi connectivity index (χ4n) is 1.00. The molecule has 0 saturated heterocycles. The Bertz CT molecular complexity index is 388. The fraction of sp³-hybridized carbons (Fsp3) is 0.182. The van der Waals surface area contributed by atoms with E-state index in [1.807, 2.05) is 0 Å². The van der Waals surface area contributed by atoms with Crippen LogP contribution in [0.3, 0.4) is 0 Å². The second-order valence-corrected chi connectivity index (χ2v) is 3.28. The Hall–Kier alpha value is -1.35. The third kappa shape index (κ3) is 3.72. The molecule has 1 aromatic rings. The zero-order valence-corrected chi connectivity index (χ0v) is 8.92. The van der Waals surface area contributed by atoms with E-state index in [0.717, 1.165) is 0 Å². The van der Waals surface area contributed by atoms with Crippen LogP contribution in [0.2, 0.25) is 5.02 Å². The summed E-state index contributed by atoms with van der Waals surface area (Å²) in [5.74, 6) is -0.774. The monoisotopic (exact) mass is 228 g/mol. The van der Waals surface area contributed by atoms with Gasteiger partial charge in [-0.3, -0.25) is 4.79 Å². The predicted octanol–water partition coefficient (Wildman–Crippen LogP) is 3.06. The van der Waals surface area contributed by atoms with Gasteiger partial charge in [-0.25, -0.2) is 4.39 Å². The number of ether oxygens (including phenoxy) is 1. The number of halogens is 2. The van der Waals surface area contributed by atoms with Gasteiger partial charge in [-0.1, -0.05) is 29.8 Å². The lowest BCUT2D eigenvalue weighted by Crippen LogP contribution is -1.96. The molecule has 0 aromatic heterocycles. The van der Waals surface area contributed by atoms with E-state index in [2.05, 4.69) is 4.74 Å². The average Bonchev–Trinajstić information content (AvgIpc) is 2.21. The van der Waals surface area contributed by atoms with Crippen LogP contribution in [0.15, 0.2) is 24.3 Å². The molecule has 0 aliphatic carbocycles. The SMILES string of the molecule is COC(=O)CC=Cc1ccc(Cl)cc1F. The minimum absolute atomic E-state index is 0.124. The smallest absolute Gasteiger partial charge is 0.309 e. The maximum absolute atomic E-state index is 13.2. The lowest BCUT2D eigenvalue weighted by atomic mass is 10.2. The minimum atomic E-state index is -0.413. The van der Waals surface area contributed by atoms with Crippen LogP contribution in [0.5, 0.6) is 0 Å². The fourth-order valence-corrected chi connectivity index (χ4v) is 1.16. The van der Waals surface area contributed by atoms with E-state index < -0.39 is 5.82 Å². The van der Waals surface area contributed by atoms with E-state index in [-0.39, 0.29) is 12.4 Å². The molecule has 0 N–H and O–H groups in total. The van der Waals surface area contributed by atoms with Gasteiger partial charge in [-0.2, -0.15) is 0 Å². The zero-order chi connectivity index (χ0) is 11.3. The van der Waals surface area contributed by atoms with Crippen LogP contribution in [0.4, 0.5) is 4.39 Å². The van der Waals surface area contributed by atoms with Crippen molar-refractivity contribution in [3.05, 3.63) is 40.7 Å². The van der Waals surface area contributed by atoms with Crippen LogP contribution in [-0.4, -0.2) is 13.1 Å². The van der Waals surface area contributed by atoms with E-state index in [1.165, 1.54) is 25.3 Å². The molecule has 4 heteroatoms. The number of esters is 1. The van der Waals surface area contributed by atoms with Gasteiger partial charge in [0.2, 0.25) is 0 Å². The Morgan fingerprint density at radius 1 is 1.60 bits per heavy atom. The molecule has 1 rings (SSSR count). The van der Waals surface area contributed by atoms with Crippen molar-refractivity contribution in [2.45, 2.75) is 6.42 Å². The molecule has 0 atom stereocenters. The molecule has 0 radical (unpaired) electrons. The van der Waals surface area contributed by atoms with Gasteiger partial charge in [0.1, 0.15) is 5.82 Å². The third-order valence-electron chi connectivity index (χ3n) is 1.77. The lowest BCUT2D eigenvalue weighted by molar-refractivity contribution is -0.139. The van der Waals surface area contributed by atoms with Crippen LogP contribution in [0.25, 0.3) is 6.08 Å². The van der Waals surface area contributed by atoms with Crippen molar-refractivity contribution in [2.75, 3.05) is 7.11 Å². The molecule has 0 amide bonds. The Morgan fingerprint density at radius 2 is 2.33 bits per heavy atom. The van der Waals surface area contributed by atoms with Gasteiger partial charge in [0.15, 0.2) is 0 Å². The summed E-state index contributed by atoms with van der Waals surface area (Å²) in [6.07, 6.45) is 3.18. The van der Waals surface area contributed by atoms with Crippen LogP contribution < -0.4 is 0 Å². The molecule has 2 nitrogen and oxygen atoms in total. The Balaban J connectivity index is 2.68. The van der Waals surface area contributed by atoms with Crippen LogP contribution in [0, 0.1) is 5.82 Å². The molecule has 0 saturated carbocycles. The van der Waals surface area contributed by atoms with Gasteiger partial charge in [0.25, 0.3) is 0 Å². The quantitative estimate of drug-likeness (QED) is 0.744. The van der Waals surface area contributed by atoms with Gasteiger partial charge in [0.05, 0.1) is 13.5 Å². The number of methoxy groups -OCH3 is 1. The number of hydrogen-bond donors (Lipinski definition) is 0. The highest BCUT2D eigenvalue weighted by Gasteiger charge is 1.99. The topological polar surface area (TPSA) is 26.3 Å². The highest BCUT2D eigenvalue weighted by atomic mass is 35.5. The number of benzene rings is 1. The minimum Gasteiger partial charge on any atom is -0.469 e. The van der Waals surface area contributed by atoms with Crippen molar-refractivity contribution >= 4 is 23.6 Å². The summed E-state index contributed by atoms with van der Waals surface area (Å²) in [7, 11) is 1.30. The van der Waals surface area contributed by atoms with E-state index in [9.17, 15) is 9.18 Å². The maximum Gasteiger partial charge on any atom is 0.309 e. The second kappa shape index (κ2) is 5.51. The summed E-state index contributed by atoms with van der Waals surface area (Å²) >= 11 is 5.59. The third-order valence-corrected chi connectivity index (χ3v) is 2.01. The van der Waals surface area contributed by atoms with Gasteiger partial charge >= 0.3 is 5.97 Å². The molecule has 1 aromatic carbocycles. The first kappa shape index (κ1) is 11.7. The van der Waals surface area contributed by atoms with E-state index >= 15 is 0 Å². The summed E-state index contributed by atoms with van der Waals surface area (Å²) in [5, 5.41) is 0.345. The molecular formula is C11H10ClFO2. The summed E-state index contributed by atoms with van der Waals surface area (Å²) in [4.78, 5) is 10.8. The summed E-state index contributed by atoms with van der Waals surface area (Å²) in [6.45, 7) is 0. The lowest BCUT2D eigenvalue weighted by Gasteiger charge is -1.97. The van der Waals surface area contributed by atoms with Crippen LogP contribution >= 0.6 is 11.6 Å². The first-order valence-electron chi connectivity index (χ1n) is 4.32. The van der Waals surface area contributed by atoms with Crippen molar-refractivity contribution in [1.82, 2.24) is 0 Å². The highest BCUT2D eigenvalue weighted by molar-refractivity contribution is 6.30. The standard InChI is InChI=1S/C11H10ClFO2/c1-15-11(14)4-2-3-8-5-6-9(12)7-10(8)13/h2-3,5-7H,4H2,1H3. The van der Waals surface area contributed by atoms with Crippen LogP contribution in [-0.2, 0) is 9.53 Å². The molecule has 0 aliphatic rings. The van der Waals surface area contributed by atoms with Crippen LogP contribution in [0.1, 0.15) is 12.0 Å². The Morgan fingerprint density at radius 3 is 2.93 bits per heavy atom. The largest absolute Gasteiger partial charge is 0.469 e. The maximum atomic E-state index is 13.2. The average molecular weight is 229 g/mol. The molecule has 15 heavy (non-hydrogen) atoms. The van der Waals surface area contributed by atoms with Gasteiger partial charge < -0.3 is 4.74 Å². The molecular weight excluding hydrogens is 219 g/mol. The first-order valence-corrected chi connectivity index (χ1v) is 4.69. The van der Waals surface area contributed by atoms with Gasteiger partial charge in [0, 0.05) is 10.6 Å². The Labute approximate surface area is 92.3 Å². The van der Waals surface area contributed by atoms with E-state index in [0.29, 0.717) is 10.6 Å². The van der Waals surface area contributed by atoms with E-state index in [4.69, 9.17) is 11.6 Å². The molecule has 0 spiro atoms. The summed E-state index contributed by atoms with van der Waals surface area (Å²) in [6, 6.07) is 4.35. The molecule has 0 unspecified atom stereocenters. The molecule has 0 fully saturated rings. The number of rotatable bonds is 3. The number of hydrogen-bond acceptors (Lipinski definition) is 2. The summed E-state index contributed by atoms with van der Waals surface area (Å²) in [5.41, 5.74) is 0.392. The van der Waals surface area contributed by atoms with Gasteiger partial charge in [-0.15, -0.1) is 0 Å². The van der Waals surface area contributed by atoms with Gasteiger partial charge in [-0.05, 0) is 12.1 Å². The molecule has 80 valence electrons. The molecule has 0 heterocycles. The predicted molar refractivity (Wildman–Crippen MR) is 57.1 cm³/mol. The molecule has 0 bridgehead atoms. The zero-order valence-electron chi connectivity index (χ0n) is 8.17. The van der Waals surface area contributed by atoms with Crippen molar-refractivity contribution in [3.8, 4) is 0 Å². The molecule has 0 aliphatic heterocycles. The van der Waals surface area contributed by atoms with Crippen molar-refractivity contribution in [2.24, 2.45) is 0 Å². The number of carbonyl (C=O) groups excluding carboxylic acids is 1. The van der Waals surface area contributed by atoms with Crippen molar-refractivity contribution in [3.63, 3.8) is 0 Å². The van der Waals surface area contributed by atoms with Crippen molar-refractivity contribution < 1.29 is 13.9 Å². The van der Waals surface area contributed by atoms with E-state index in [1.54, 1.807) is 12.1 Å². The second-order valence-electron chi connectivity index (χ2n) is 2.85. The highest BCUT2D eigenvalue weighted by Crippen LogP contribution is 2.15. The Kier molecular flexibility index (Phi) is 4.31. The first-order chi connectivity index (χ1) is 7.13. The normalized spacial score (nSPS) is 10.6. The number of carbonyl (C=O) groups is 1. The summed E-state index contributed by atoms with van der Waals surface area (Å²) < 4.78 is 17.6.